The largest absolute Gasteiger partial charge is 0.332 e. The standard InChI is InChI=1S/C18H20ClN3OS.ClH/c1-13(24-17-7-3-2-6-15(17)19)18(23)22-10-9-21-12-16(22)14-5-4-8-20-11-14;/h2-8,11,13,16,21H,9-10,12H2,1H3;1H. The number of pyridine rings is 1. The van der Waals surface area contributed by atoms with E-state index in [9.17, 15) is 4.79 Å². The van der Waals surface area contributed by atoms with Crippen LogP contribution >= 0.6 is 35.8 Å². The minimum absolute atomic E-state index is 0. The average molecular weight is 398 g/mol. The summed E-state index contributed by atoms with van der Waals surface area (Å²) in [5.74, 6) is 0.135. The van der Waals surface area contributed by atoms with Gasteiger partial charge in [-0.3, -0.25) is 9.78 Å². The van der Waals surface area contributed by atoms with Gasteiger partial charge in [0.1, 0.15) is 0 Å². The third-order valence-electron chi connectivity index (χ3n) is 4.08. The zero-order valence-electron chi connectivity index (χ0n) is 13.9. The van der Waals surface area contributed by atoms with Gasteiger partial charge in [0.15, 0.2) is 0 Å². The highest BCUT2D eigenvalue weighted by Gasteiger charge is 2.31. The molecule has 0 spiro atoms. The second-order valence-corrected chi connectivity index (χ2v) is 7.52. The Balaban J connectivity index is 0.00000225. The fourth-order valence-corrected chi connectivity index (χ4v) is 4.08. The fourth-order valence-electron chi connectivity index (χ4n) is 2.85. The van der Waals surface area contributed by atoms with Gasteiger partial charge in [-0.2, -0.15) is 0 Å². The van der Waals surface area contributed by atoms with Crippen LogP contribution in [0.2, 0.25) is 5.02 Å². The SMILES string of the molecule is CC(Sc1ccccc1Cl)C(=O)N1CCNCC1c1cccnc1.Cl. The molecule has 1 aromatic heterocycles. The lowest BCUT2D eigenvalue weighted by atomic mass is 10.0. The third kappa shape index (κ3) is 4.88. The number of aromatic nitrogens is 1. The molecule has 0 aliphatic carbocycles. The molecule has 1 aliphatic heterocycles. The first-order valence-corrected chi connectivity index (χ1v) is 9.25. The molecule has 1 N–H and O–H groups in total. The van der Waals surface area contributed by atoms with E-state index in [-0.39, 0.29) is 29.6 Å². The van der Waals surface area contributed by atoms with Crippen LogP contribution in [0.15, 0.2) is 53.7 Å². The highest BCUT2D eigenvalue weighted by atomic mass is 35.5. The minimum Gasteiger partial charge on any atom is -0.332 e. The van der Waals surface area contributed by atoms with E-state index in [0.717, 1.165) is 23.5 Å². The molecule has 4 nitrogen and oxygen atoms in total. The molecule has 3 rings (SSSR count). The highest BCUT2D eigenvalue weighted by molar-refractivity contribution is 8.00. The maximum absolute atomic E-state index is 13.0. The van der Waals surface area contributed by atoms with Gasteiger partial charge in [-0.05, 0) is 30.7 Å². The summed E-state index contributed by atoms with van der Waals surface area (Å²) >= 11 is 7.73. The van der Waals surface area contributed by atoms with E-state index in [1.165, 1.54) is 11.8 Å². The lowest BCUT2D eigenvalue weighted by Gasteiger charge is -2.37. The maximum Gasteiger partial charge on any atom is 0.236 e. The van der Waals surface area contributed by atoms with Gasteiger partial charge in [0.2, 0.25) is 5.91 Å². The van der Waals surface area contributed by atoms with Gasteiger partial charge >= 0.3 is 0 Å². The van der Waals surface area contributed by atoms with E-state index < -0.39 is 0 Å². The summed E-state index contributed by atoms with van der Waals surface area (Å²) in [5.41, 5.74) is 1.06. The maximum atomic E-state index is 13.0. The number of hydrogen-bond acceptors (Lipinski definition) is 4. The van der Waals surface area contributed by atoms with E-state index in [2.05, 4.69) is 10.3 Å². The van der Waals surface area contributed by atoms with Crippen molar-refractivity contribution in [2.24, 2.45) is 0 Å². The number of thioether (sulfide) groups is 1. The first kappa shape index (κ1) is 20.0. The smallest absolute Gasteiger partial charge is 0.236 e. The van der Waals surface area contributed by atoms with Gasteiger partial charge in [-0.25, -0.2) is 0 Å². The molecule has 1 saturated heterocycles. The van der Waals surface area contributed by atoms with Gasteiger partial charge in [0.05, 0.1) is 16.3 Å². The van der Waals surface area contributed by atoms with Crippen molar-refractivity contribution < 1.29 is 4.79 Å². The molecule has 2 heterocycles. The molecule has 2 aromatic rings. The molecule has 2 atom stereocenters. The number of halogens is 2. The van der Waals surface area contributed by atoms with Gasteiger partial charge < -0.3 is 10.2 Å². The number of hydrogen-bond donors (Lipinski definition) is 1. The average Bonchev–Trinajstić information content (AvgIpc) is 2.63. The lowest BCUT2D eigenvalue weighted by molar-refractivity contribution is -0.133. The molecular weight excluding hydrogens is 377 g/mol. The van der Waals surface area contributed by atoms with Crippen LogP contribution in [0.1, 0.15) is 18.5 Å². The normalized spacial score (nSPS) is 18.3. The molecule has 7 heteroatoms. The van der Waals surface area contributed by atoms with E-state index in [1.54, 1.807) is 6.20 Å². The topological polar surface area (TPSA) is 45.2 Å². The number of benzene rings is 1. The first-order chi connectivity index (χ1) is 11.7. The van der Waals surface area contributed by atoms with Gasteiger partial charge in [-0.1, -0.05) is 29.8 Å². The predicted molar refractivity (Wildman–Crippen MR) is 106 cm³/mol. The van der Waals surface area contributed by atoms with Gasteiger partial charge in [0, 0.05) is 36.9 Å². The van der Waals surface area contributed by atoms with Crippen molar-refractivity contribution in [3.05, 3.63) is 59.4 Å². The van der Waals surface area contributed by atoms with Gasteiger partial charge in [0.25, 0.3) is 0 Å². The van der Waals surface area contributed by atoms with Crippen molar-refractivity contribution >= 4 is 41.7 Å². The summed E-state index contributed by atoms with van der Waals surface area (Å²) in [4.78, 5) is 20.1. The van der Waals surface area contributed by atoms with Crippen LogP contribution in [0, 0.1) is 0 Å². The summed E-state index contributed by atoms with van der Waals surface area (Å²) in [6.07, 6.45) is 3.59. The second kappa shape index (κ2) is 9.43. The van der Waals surface area contributed by atoms with Crippen LogP contribution in [0.25, 0.3) is 0 Å². The summed E-state index contributed by atoms with van der Waals surface area (Å²) in [6, 6.07) is 11.6. The molecule has 2 unspecified atom stereocenters. The second-order valence-electron chi connectivity index (χ2n) is 5.73. The monoisotopic (exact) mass is 397 g/mol. The zero-order chi connectivity index (χ0) is 16.9. The van der Waals surface area contributed by atoms with Crippen LogP contribution < -0.4 is 5.32 Å². The Labute approximate surface area is 163 Å². The van der Waals surface area contributed by atoms with Crippen molar-refractivity contribution in [3.8, 4) is 0 Å². The van der Waals surface area contributed by atoms with Crippen LogP contribution in [0.4, 0.5) is 0 Å². The molecule has 1 aliphatic rings. The Kier molecular flexibility index (Phi) is 7.56. The van der Waals surface area contributed by atoms with E-state index in [0.29, 0.717) is 11.6 Å². The van der Waals surface area contributed by atoms with Crippen molar-refractivity contribution in [2.45, 2.75) is 23.1 Å². The Morgan fingerprint density at radius 2 is 2.16 bits per heavy atom. The fraction of sp³-hybridized carbons (Fsp3) is 0.333. The number of rotatable bonds is 4. The van der Waals surface area contributed by atoms with Crippen molar-refractivity contribution in [2.75, 3.05) is 19.6 Å². The zero-order valence-corrected chi connectivity index (χ0v) is 16.3. The summed E-state index contributed by atoms with van der Waals surface area (Å²) in [7, 11) is 0. The molecule has 0 radical (unpaired) electrons. The molecule has 134 valence electrons. The van der Waals surface area contributed by atoms with Crippen LogP contribution in [-0.2, 0) is 4.79 Å². The Hall–Kier alpha value is -1.27. The minimum atomic E-state index is -0.192. The molecule has 1 aromatic carbocycles. The Bertz CT molecular complexity index is 702. The van der Waals surface area contributed by atoms with Crippen molar-refractivity contribution in [1.29, 1.82) is 0 Å². The first-order valence-electron chi connectivity index (χ1n) is 7.99. The molecule has 0 bridgehead atoms. The molecule has 1 amide bonds. The molecule has 1 fully saturated rings. The number of carbonyl (C=O) groups excluding carboxylic acids is 1. The summed E-state index contributed by atoms with van der Waals surface area (Å²) in [6.45, 7) is 4.21. The molecular formula is C18H21Cl2N3OS. The number of piperazine rings is 1. The quantitative estimate of drug-likeness (QED) is 0.796. The van der Waals surface area contributed by atoms with Gasteiger partial charge in [-0.15, -0.1) is 24.2 Å². The number of carbonyl (C=O) groups is 1. The van der Waals surface area contributed by atoms with E-state index in [4.69, 9.17) is 11.6 Å². The van der Waals surface area contributed by atoms with Crippen molar-refractivity contribution in [1.82, 2.24) is 15.2 Å². The van der Waals surface area contributed by atoms with E-state index >= 15 is 0 Å². The third-order valence-corrected chi connectivity index (χ3v) is 5.69. The van der Waals surface area contributed by atoms with Crippen LogP contribution in [0.5, 0.6) is 0 Å². The number of nitrogens with one attached hydrogen (secondary N) is 1. The summed E-state index contributed by atoms with van der Waals surface area (Å²) < 4.78 is 0. The predicted octanol–water partition coefficient (Wildman–Crippen LogP) is 3.81. The highest BCUT2D eigenvalue weighted by Crippen LogP contribution is 2.32. The Morgan fingerprint density at radius 1 is 1.36 bits per heavy atom. The Morgan fingerprint density at radius 3 is 2.88 bits per heavy atom. The lowest BCUT2D eigenvalue weighted by Crippen LogP contribution is -2.50. The van der Waals surface area contributed by atoms with Crippen LogP contribution in [-0.4, -0.2) is 40.7 Å². The molecule has 25 heavy (non-hydrogen) atoms. The van der Waals surface area contributed by atoms with Crippen LogP contribution in [0.3, 0.4) is 0 Å². The summed E-state index contributed by atoms with van der Waals surface area (Å²) in [5, 5.41) is 3.86. The van der Waals surface area contributed by atoms with E-state index in [1.807, 2.05) is 54.4 Å². The number of amides is 1. The number of nitrogens with zero attached hydrogens (tertiary/aromatic N) is 2. The molecule has 0 saturated carbocycles. The van der Waals surface area contributed by atoms with Crippen molar-refractivity contribution in [3.63, 3.8) is 0 Å².